The maximum absolute atomic E-state index is 9.57. The van der Waals surface area contributed by atoms with Crippen LogP contribution in [-0.2, 0) is 0 Å². The molecular formula is C14H17ClN4O. The maximum Gasteiger partial charge on any atom is 0.130 e. The Morgan fingerprint density at radius 1 is 1.35 bits per heavy atom. The number of nitrogens with one attached hydrogen (secondary N) is 1. The minimum Gasteiger partial charge on any atom is -0.396 e. The molecule has 1 saturated heterocycles. The fourth-order valence-corrected chi connectivity index (χ4v) is 2.71. The van der Waals surface area contributed by atoms with Crippen molar-refractivity contribution in [2.24, 2.45) is 0 Å². The normalized spacial score (nSPS) is 16.6. The lowest BCUT2D eigenvalue weighted by Gasteiger charge is -2.30. The van der Waals surface area contributed by atoms with Gasteiger partial charge >= 0.3 is 0 Å². The van der Waals surface area contributed by atoms with Crippen LogP contribution < -0.4 is 10.6 Å². The first-order valence-electron chi connectivity index (χ1n) is 6.67. The number of aliphatic hydroxyl groups is 1. The highest BCUT2D eigenvalue weighted by atomic mass is 35.5. The van der Waals surface area contributed by atoms with Crippen molar-refractivity contribution in [3.8, 4) is 11.3 Å². The number of H-pyrrole nitrogens is 1. The second kappa shape index (κ2) is 5.34. The molecule has 5 nitrogen and oxygen atoms in total. The van der Waals surface area contributed by atoms with Crippen LogP contribution in [0.25, 0.3) is 11.3 Å². The van der Waals surface area contributed by atoms with E-state index in [-0.39, 0.29) is 6.10 Å². The predicted octanol–water partition coefficient (Wildman–Crippen LogP) is 2.27. The number of nitrogens with two attached hydrogens (primary N) is 1. The topological polar surface area (TPSA) is 78.2 Å². The summed E-state index contributed by atoms with van der Waals surface area (Å²) in [4.78, 5) is 9.49. The summed E-state index contributed by atoms with van der Waals surface area (Å²) in [5.41, 5.74) is 8.69. The minimum absolute atomic E-state index is 0.194. The second-order valence-electron chi connectivity index (χ2n) is 5.07. The molecule has 1 aliphatic rings. The second-order valence-corrected chi connectivity index (χ2v) is 5.46. The molecule has 0 amide bonds. The third-order valence-corrected chi connectivity index (χ3v) is 3.85. The van der Waals surface area contributed by atoms with Crippen molar-refractivity contribution in [3.63, 3.8) is 0 Å². The van der Waals surface area contributed by atoms with E-state index in [2.05, 4.69) is 14.9 Å². The Morgan fingerprint density at radius 3 is 2.80 bits per heavy atom. The number of nitrogens with zero attached hydrogens (tertiary/aromatic N) is 2. The molecule has 2 aromatic rings. The average Bonchev–Trinajstić information content (AvgIpc) is 2.82. The van der Waals surface area contributed by atoms with Crippen molar-refractivity contribution in [2.45, 2.75) is 18.9 Å². The van der Waals surface area contributed by atoms with Crippen LogP contribution in [0.3, 0.4) is 0 Å². The van der Waals surface area contributed by atoms with Crippen LogP contribution in [0.2, 0.25) is 5.15 Å². The number of hydrogen-bond acceptors (Lipinski definition) is 4. The summed E-state index contributed by atoms with van der Waals surface area (Å²) in [6.45, 7) is 1.62. The van der Waals surface area contributed by atoms with Gasteiger partial charge in [-0.2, -0.15) is 0 Å². The van der Waals surface area contributed by atoms with E-state index >= 15 is 0 Å². The first kappa shape index (κ1) is 13.3. The van der Waals surface area contributed by atoms with Gasteiger partial charge in [0.25, 0.3) is 0 Å². The summed E-state index contributed by atoms with van der Waals surface area (Å²) >= 11 is 5.91. The number of piperidine rings is 1. The van der Waals surface area contributed by atoms with Gasteiger partial charge < -0.3 is 20.7 Å². The number of halogens is 1. The molecule has 6 heteroatoms. The lowest BCUT2D eigenvalue weighted by atomic mass is 10.1. The molecule has 4 N–H and O–H groups in total. The Morgan fingerprint density at radius 2 is 2.10 bits per heavy atom. The Hall–Kier alpha value is -1.72. The van der Waals surface area contributed by atoms with Gasteiger partial charge in [-0.05, 0) is 31.0 Å². The molecule has 0 saturated carbocycles. The van der Waals surface area contributed by atoms with Crippen molar-refractivity contribution in [1.82, 2.24) is 9.97 Å². The fraction of sp³-hybridized carbons (Fsp3) is 0.357. The van der Waals surface area contributed by atoms with E-state index in [4.69, 9.17) is 17.3 Å². The van der Waals surface area contributed by atoms with E-state index in [9.17, 15) is 5.11 Å². The number of nitrogen functional groups attached to an aromatic ring is 1. The molecule has 1 aliphatic heterocycles. The molecule has 0 aliphatic carbocycles. The summed E-state index contributed by atoms with van der Waals surface area (Å²) in [5, 5.41) is 10.0. The minimum atomic E-state index is -0.194. The van der Waals surface area contributed by atoms with Crippen LogP contribution in [-0.4, -0.2) is 34.3 Å². The number of rotatable bonds is 2. The van der Waals surface area contributed by atoms with Crippen LogP contribution >= 0.6 is 11.6 Å². The van der Waals surface area contributed by atoms with Gasteiger partial charge in [-0.25, -0.2) is 4.98 Å². The molecule has 3 heterocycles. The van der Waals surface area contributed by atoms with E-state index in [0.29, 0.717) is 10.8 Å². The molecular weight excluding hydrogens is 276 g/mol. The zero-order valence-corrected chi connectivity index (χ0v) is 11.8. The number of anilines is 2. The maximum atomic E-state index is 9.57. The largest absolute Gasteiger partial charge is 0.396 e. The van der Waals surface area contributed by atoms with Crippen molar-refractivity contribution in [3.05, 3.63) is 29.5 Å². The molecule has 1 fully saturated rings. The summed E-state index contributed by atoms with van der Waals surface area (Å²) in [6.07, 6.45) is 3.02. The van der Waals surface area contributed by atoms with E-state index in [1.165, 1.54) is 0 Å². The highest BCUT2D eigenvalue weighted by molar-refractivity contribution is 6.29. The number of aromatic amines is 1. The summed E-state index contributed by atoms with van der Waals surface area (Å²) < 4.78 is 0. The Bertz CT molecular complexity index is 605. The molecule has 0 radical (unpaired) electrons. The SMILES string of the molecule is Nc1cc(-c2ccnc(Cl)c2)[nH]c1N1CCC(O)CC1. The van der Waals surface area contributed by atoms with Crippen molar-refractivity contribution in [1.29, 1.82) is 0 Å². The Balaban J connectivity index is 1.87. The highest BCUT2D eigenvalue weighted by Crippen LogP contribution is 2.31. The summed E-state index contributed by atoms with van der Waals surface area (Å²) in [5.74, 6) is 0.917. The first-order valence-corrected chi connectivity index (χ1v) is 7.04. The van der Waals surface area contributed by atoms with E-state index in [0.717, 1.165) is 43.0 Å². The molecule has 106 valence electrons. The van der Waals surface area contributed by atoms with Gasteiger partial charge in [0, 0.05) is 30.5 Å². The molecule has 0 bridgehead atoms. The summed E-state index contributed by atoms with van der Waals surface area (Å²) in [7, 11) is 0. The van der Waals surface area contributed by atoms with Gasteiger partial charge in [-0.15, -0.1) is 0 Å². The molecule has 3 rings (SSSR count). The first-order chi connectivity index (χ1) is 9.63. The molecule has 0 spiro atoms. The number of hydrogen-bond donors (Lipinski definition) is 3. The predicted molar refractivity (Wildman–Crippen MR) is 80.9 cm³/mol. The molecule has 20 heavy (non-hydrogen) atoms. The molecule has 0 aromatic carbocycles. The fourth-order valence-electron chi connectivity index (χ4n) is 2.54. The van der Waals surface area contributed by atoms with Gasteiger partial charge in [-0.3, -0.25) is 0 Å². The van der Waals surface area contributed by atoms with Crippen molar-refractivity contribution >= 4 is 23.1 Å². The van der Waals surface area contributed by atoms with Gasteiger partial charge in [0.05, 0.1) is 11.8 Å². The molecule has 0 atom stereocenters. The third-order valence-electron chi connectivity index (χ3n) is 3.64. The van der Waals surface area contributed by atoms with Gasteiger partial charge in [0.15, 0.2) is 0 Å². The lowest BCUT2D eigenvalue weighted by molar-refractivity contribution is 0.145. The highest BCUT2D eigenvalue weighted by Gasteiger charge is 2.20. The van der Waals surface area contributed by atoms with E-state index < -0.39 is 0 Å². The lowest BCUT2D eigenvalue weighted by Crippen LogP contribution is -2.36. The van der Waals surface area contributed by atoms with Gasteiger partial charge in [0.1, 0.15) is 11.0 Å². The van der Waals surface area contributed by atoms with E-state index in [1.54, 1.807) is 12.3 Å². The van der Waals surface area contributed by atoms with Crippen LogP contribution in [0.4, 0.5) is 11.5 Å². The standard InChI is InChI=1S/C14H17ClN4O/c15-13-7-9(1-4-17-13)12-8-11(16)14(18-12)19-5-2-10(20)3-6-19/h1,4,7-8,10,18,20H,2-3,5-6,16H2. The average molecular weight is 293 g/mol. The zero-order chi connectivity index (χ0) is 14.1. The number of aliphatic hydroxyl groups excluding tert-OH is 1. The quantitative estimate of drug-likeness (QED) is 0.742. The monoisotopic (exact) mass is 292 g/mol. The van der Waals surface area contributed by atoms with Gasteiger partial charge in [-0.1, -0.05) is 11.6 Å². The number of aromatic nitrogens is 2. The molecule has 2 aromatic heterocycles. The van der Waals surface area contributed by atoms with Crippen LogP contribution in [0.1, 0.15) is 12.8 Å². The van der Waals surface area contributed by atoms with Gasteiger partial charge in [0.2, 0.25) is 0 Å². The zero-order valence-electron chi connectivity index (χ0n) is 11.0. The Labute approximate surface area is 122 Å². The smallest absolute Gasteiger partial charge is 0.130 e. The van der Waals surface area contributed by atoms with E-state index in [1.807, 2.05) is 12.1 Å². The molecule has 0 unspecified atom stereocenters. The van der Waals surface area contributed by atoms with Crippen molar-refractivity contribution < 1.29 is 5.11 Å². The van der Waals surface area contributed by atoms with Crippen LogP contribution in [0.5, 0.6) is 0 Å². The van der Waals surface area contributed by atoms with Crippen LogP contribution in [0, 0.1) is 0 Å². The third kappa shape index (κ3) is 2.59. The number of pyridine rings is 1. The van der Waals surface area contributed by atoms with Crippen molar-refractivity contribution in [2.75, 3.05) is 23.7 Å². The van der Waals surface area contributed by atoms with Crippen LogP contribution in [0.15, 0.2) is 24.4 Å². The summed E-state index contributed by atoms with van der Waals surface area (Å²) in [6, 6.07) is 5.60. The Kier molecular flexibility index (Phi) is 3.54.